The standard InChI is InChI=1S/C9H11N3/c1-3-12-9-8(6-11-12)7(2)4-5-10-9/h4-6H,3H2,1-2H3. The molecule has 0 fully saturated rings. The lowest BCUT2D eigenvalue weighted by atomic mass is 10.2. The van der Waals surface area contributed by atoms with Gasteiger partial charge in [-0.3, -0.25) is 0 Å². The molecule has 0 atom stereocenters. The van der Waals surface area contributed by atoms with E-state index in [2.05, 4.69) is 23.9 Å². The van der Waals surface area contributed by atoms with Gasteiger partial charge in [-0.15, -0.1) is 0 Å². The highest BCUT2D eigenvalue weighted by molar-refractivity contribution is 5.77. The van der Waals surface area contributed by atoms with Crippen LogP contribution in [0.25, 0.3) is 11.0 Å². The molecule has 2 rings (SSSR count). The van der Waals surface area contributed by atoms with Crippen LogP contribution in [0.2, 0.25) is 0 Å². The first-order valence-electron chi connectivity index (χ1n) is 4.10. The van der Waals surface area contributed by atoms with Crippen molar-refractivity contribution in [3.8, 4) is 0 Å². The van der Waals surface area contributed by atoms with Gasteiger partial charge in [0, 0.05) is 18.1 Å². The first-order valence-corrected chi connectivity index (χ1v) is 4.10. The number of hydrogen-bond donors (Lipinski definition) is 0. The number of pyridine rings is 1. The van der Waals surface area contributed by atoms with Gasteiger partial charge in [0.25, 0.3) is 0 Å². The minimum atomic E-state index is 0.875. The van der Waals surface area contributed by atoms with Gasteiger partial charge in [0.15, 0.2) is 5.65 Å². The van der Waals surface area contributed by atoms with Crippen molar-refractivity contribution in [2.45, 2.75) is 20.4 Å². The Morgan fingerprint density at radius 2 is 2.33 bits per heavy atom. The zero-order valence-electron chi connectivity index (χ0n) is 7.28. The predicted molar refractivity (Wildman–Crippen MR) is 47.9 cm³/mol. The Bertz CT molecular complexity index is 403. The molecular weight excluding hydrogens is 150 g/mol. The Labute approximate surface area is 71.0 Å². The summed E-state index contributed by atoms with van der Waals surface area (Å²) < 4.78 is 1.91. The Hall–Kier alpha value is -1.38. The summed E-state index contributed by atoms with van der Waals surface area (Å²) in [5, 5.41) is 5.38. The van der Waals surface area contributed by atoms with Crippen molar-refractivity contribution in [1.29, 1.82) is 0 Å². The van der Waals surface area contributed by atoms with E-state index in [4.69, 9.17) is 0 Å². The Balaban J connectivity index is 2.80. The molecule has 0 unspecified atom stereocenters. The van der Waals surface area contributed by atoms with Crippen LogP contribution < -0.4 is 0 Å². The molecule has 0 aliphatic carbocycles. The molecule has 0 aliphatic rings. The van der Waals surface area contributed by atoms with Gasteiger partial charge in [0.05, 0.1) is 6.20 Å². The Morgan fingerprint density at radius 3 is 3.08 bits per heavy atom. The third-order valence-electron chi connectivity index (χ3n) is 2.06. The van der Waals surface area contributed by atoms with Crippen molar-refractivity contribution in [3.63, 3.8) is 0 Å². The number of hydrogen-bond acceptors (Lipinski definition) is 2. The van der Waals surface area contributed by atoms with Gasteiger partial charge in [-0.1, -0.05) is 0 Å². The van der Waals surface area contributed by atoms with Gasteiger partial charge in [0.1, 0.15) is 0 Å². The first kappa shape index (κ1) is 7.28. The van der Waals surface area contributed by atoms with Crippen LogP contribution >= 0.6 is 0 Å². The average molecular weight is 161 g/mol. The molecule has 0 saturated carbocycles. The number of nitrogens with zero attached hydrogens (tertiary/aromatic N) is 3. The van der Waals surface area contributed by atoms with E-state index in [0.29, 0.717) is 0 Å². The van der Waals surface area contributed by atoms with E-state index >= 15 is 0 Å². The third-order valence-corrected chi connectivity index (χ3v) is 2.06. The first-order chi connectivity index (χ1) is 5.83. The van der Waals surface area contributed by atoms with E-state index in [9.17, 15) is 0 Å². The topological polar surface area (TPSA) is 30.7 Å². The summed E-state index contributed by atoms with van der Waals surface area (Å²) in [6.45, 7) is 5.02. The van der Waals surface area contributed by atoms with Crippen molar-refractivity contribution in [1.82, 2.24) is 14.8 Å². The lowest BCUT2D eigenvalue weighted by Crippen LogP contribution is -1.96. The molecular formula is C9H11N3. The lowest BCUT2D eigenvalue weighted by Gasteiger charge is -1.97. The molecule has 3 nitrogen and oxygen atoms in total. The maximum Gasteiger partial charge on any atom is 0.157 e. The highest BCUT2D eigenvalue weighted by Gasteiger charge is 2.02. The van der Waals surface area contributed by atoms with Crippen molar-refractivity contribution in [2.75, 3.05) is 0 Å². The van der Waals surface area contributed by atoms with Gasteiger partial charge >= 0.3 is 0 Å². The second-order valence-corrected chi connectivity index (χ2v) is 2.83. The fourth-order valence-electron chi connectivity index (χ4n) is 1.33. The van der Waals surface area contributed by atoms with Gasteiger partial charge in [-0.25, -0.2) is 9.67 Å². The van der Waals surface area contributed by atoms with Crippen LogP contribution in [-0.2, 0) is 6.54 Å². The fourth-order valence-corrected chi connectivity index (χ4v) is 1.33. The molecule has 0 bridgehead atoms. The van der Waals surface area contributed by atoms with Crippen LogP contribution in [0.15, 0.2) is 18.5 Å². The third kappa shape index (κ3) is 0.897. The minimum absolute atomic E-state index is 0.875. The molecule has 0 N–H and O–H groups in total. The summed E-state index contributed by atoms with van der Waals surface area (Å²) >= 11 is 0. The van der Waals surface area contributed by atoms with Crippen LogP contribution in [0.3, 0.4) is 0 Å². The van der Waals surface area contributed by atoms with Gasteiger partial charge in [0.2, 0.25) is 0 Å². The van der Waals surface area contributed by atoms with Gasteiger partial charge in [-0.05, 0) is 25.5 Å². The van der Waals surface area contributed by atoms with Crippen molar-refractivity contribution in [3.05, 3.63) is 24.0 Å². The van der Waals surface area contributed by atoms with Crippen molar-refractivity contribution in [2.24, 2.45) is 0 Å². The molecule has 62 valence electrons. The summed E-state index contributed by atoms with van der Waals surface area (Å²) in [6.07, 6.45) is 3.70. The maximum absolute atomic E-state index is 4.27. The molecule has 0 saturated heterocycles. The molecule has 2 aromatic heterocycles. The second kappa shape index (κ2) is 2.59. The molecule has 2 aromatic rings. The number of aromatic nitrogens is 3. The van der Waals surface area contributed by atoms with Gasteiger partial charge < -0.3 is 0 Å². The summed E-state index contributed by atoms with van der Waals surface area (Å²) in [5.41, 5.74) is 2.22. The summed E-state index contributed by atoms with van der Waals surface area (Å²) in [6, 6.07) is 2.00. The number of aryl methyl sites for hydroxylation is 2. The van der Waals surface area contributed by atoms with Crippen LogP contribution in [-0.4, -0.2) is 14.8 Å². The highest BCUT2D eigenvalue weighted by Crippen LogP contribution is 2.14. The van der Waals surface area contributed by atoms with E-state index < -0.39 is 0 Å². The monoisotopic (exact) mass is 161 g/mol. The maximum atomic E-state index is 4.27. The summed E-state index contributed by atoms with van der Waals surface area (Å²) in [5.74, 6) is 0. The number of rotatable bonds is 1. The summed E-state index contributed by atoms with van der Waals surface area (Å²) in [4.78, 5) is 4.27. The second-order valence-electron chi connectivity index (χ2n) is 2.83. The zero-order chi connectivity index (χ0) is 8.55. The normalized spacial score (nSPS) is 10.8. The van der Waals surface area contributed by atoms with Crippen LogP contribution in [0.5, 0.6) is 0 Å². The summed E-state index contributed by atoms with van der Waals surface area (Å²) in [7, 11) is 0. The Morgan fingerprint density at radius 1 is 1.50 bits per heavy atom. The van der Waals surface area contributed by atoms with Crippen LogP contribution in [0.1, 0.15) is 12.5 Å². The molecule has 12 heavy (non-hydrogen) atoms. The smallest absolute Gasteiger partial charge is 0.157 e. The molecule has 0 spiro atoms. The fraction of sp³-hybridized carbons (Fsp3) is 0.333. The molecule has 3 heteroatoms. The molecule has 0 aliphatic heterocycles. The molecule has 0 amide bonds. The quantitative estimate of drug-likeness (QED) is 0.638. The van der Waals surface area contributed by atoms with E-state index in [1.165, 1.54) is 5.56 Å². The van der Waals surface area contributed by atoms with Crippen LogP contribution in [0, 0.1) is 6.92 Å². The average Bonchev–Trinajstić information content (AvgIpc) is 2.49. The van der Waals surface area contributed by atoms with E-state index in [0.717, 1.165) is 17.6 Å². The lowest BCUT2D eigenvalue weighted by molar-refractivity contribution is 0.677. The SMILES string of the molecule is CCn1ncc2c(C)ccnc21. The largest absolute Gasteiger partial charge is 0.248 e. The van der Waals surface area contributed by atoms with Crippen LogP contribution in [0.4, 0.5) is 0 Å². The molecule has 0 aromatic carbocycles. The van der Waals surface area contributed by atoms with E-state index in [1.807, 2.05) is 23.1 Å². The van der Waals surface area contributed by atoms with Gasteiger partial charge in [-0.2, -0.15) is 5.10 Å². The molecule has 0 radical (unpaired) electrons. The van der Waals surface area contributed by atoms with E-state index in [-0.39, 0.29) is 0 Å². The number of fused-ring (bicyclic) bond motifs is 1. The highest BCUT2D eigenvalue weighted by atomic mass is 15.3. The van der Waals surface area contributed by atoms with E-state index in [1.54, 1.807) is 0 Å². The minimum Gasteiger partial charge on any atom is -0.248 e. The molecule has 2 heterocycles. The predicted octanol–water partition coefficient (Wildman–Crippen LogP) is 1.76. The van der Waals surface area contributed by atoms with Crippen molar-refractivity contribution >= 4 is 11.0 Å². The zero-order valence-corrected chi connectivity index (χ0v) is 7.28. The van der Waals surface area contributed by atoms with Crippen molar-refractivity contribution < 1.29 is 0 Å². The Kier molecular flexibility index (Phi) is 1.57.